The zero-order valence-corrected chi connectivity index (χ0v) is 12.6. The standard InChI is InChI=1S/C13H22ClN3O2/c1-4-19-9-5-6-12(18)13-11(14)10-15-17(13)8-7-16(2)3/h10H,4-9H2,1-3H3. The first-order chi connectivity index (χ1) is 9.06. The lowest BCUT2D eigenvalue weighted by molar-refractivity contribution is 0.0936. The summed E-state index contributed by atoms with van der Waals surface area (Å²) >= 11 is 6.05. The molecule has 1 rings (SSSR count). The number of hydrogen-bond acceptors (Lipinski definition) is 4. The van der Waals surface area contributed by atoms with Gasteiger partial charge >= 0.3 is 0 Å². The van der Waals surface area contributed by atoms with Crippen LogP contribution in [0.3, 0.4) is 0 Å². The molecule has 0 N–H and O–H groups in total. The van der Waals surface area contributed by atoms with E-state index in [1.165, 1.54) is 6.20 Å². The maximum absolute atomic E-state index is 12.1. The summed E-state index contributed by atoms with van der Waals surface area (Å²) in [5, 5.41) is 4.59. The number of hydrogen-bond donors (Lipinski definition) is 0. The van der Waals surface area contributed by atoms with Gasteiger partial charge in [0.05, 0.1) is 17.8 Å². The summed E-state index contributed by atoms with van der Waals surface area (Å²) in [6.45, 7) is 4.69. The average molecular weight is 288 g/mol. The van der Waals surface area contributed by atoms with Gasteiger partial charge in [-0.2, -0.15) is 5.10 Å². The number of ketones is 1. The van der Waals surface area contributed by atoms with Crippen molar-refractivity contribution < 1.29 is 9.53 Å². The van der Waals surface area contributed by atoms with Crippen LogP contribution in [0.15, 0.2) is 6.20 Å². The van der Waals surface area contributed by atoms with Gasteiger partial charge in [-0.15, -0.1) is 0 Å². The molecule has 1 aromatic heterocycles. The number of Topliss-reactive ketones (excluding diaryl/α,β-unsaturated/α-hetero) is 1. The minimum absolute atomic E-state index is 0.0287. The van der Waals surface area contributed by atoms with E-state index in [4.69, 9.17) is 16.3 Å². The lowest BCUT2D eigenvalue weighted by atomic mass is 10.1. The Labute approximate surface area is 119 Å². The van der Waals surface area contributed by atoms with E-state index in [9.17, 15) is 4.79 Å². The first kappa shape index (κ1) is 16.1. The summed E-state index contributed by atoms with van der Waals surface area (Å²) in [6.07, 6.45) is 2.68. The van der Waals surface area contributed by atoms with Crippen LogP contribution >= 0.6 is 11.6 Å². The van der Waals surface area contributed by atoms with Gasteiger partial charge in [-0.05, 0) is 27.4 Å². The molecule has 0 bridgehead atoms. The zero-order valence-electron chi connectivity index (χ0n) is 11.9. The van der Waals surface area contributed by atoms with E-state index in [2.05, 4.69) is 5.10 Å². The number of rotatable bonds is 9. The van der Waals surface area contributed by atoms with E-state index in [1.807, 2.05) is 25.9 Å². The summed E-state index contributed by atoms with van der Waals surface area (Å²) < 4.78 is 6.91. The normalized spacial score (nSPS) is 11.2. The molecule has 19 heavy (non-hydrogen) atoms. The van der Waals surface area contributed by atoms with Crippen molar-refractivity contribution in [2.45, 2.75) is 26.3 Å². The molecule has 0 unspecified atom stereocenters. The number of likely N-dealkylation sites (N-methyl/N-ethyl adjacent to an activating group) is 1. The van der Waals surface area contributed by atoms with Crippen LogP contribution in [-0.2, 0) is 11.3 Å². The number of carbonyl (C=O) groups excluding carboxylic acids is 1. The lowest BCUT2D eigenvalue weighted by Crippen LogP contribution is -2.21. The molecule has 0 aliphatic heterocycles. The van der Waals surface area contributed by atoms with E-state index >= 15 is 0 Å². The molecule has 0 saturated heterocycles. The highest BCUT2D eigenvalue weighted by Gasteiger charge is 2.17. The SMILES string of the molecule is CCOCCCC(=O)c1c(Cl)cnn1CCN(C)C. The number of ether oxygens (including phenoxy) is 1. The molecule has 0 aliphatic rings. The van der Waals surface area contributed by atoms with Gasteiger partial charge in [0, 0.05) is 26.2 Å². The molecule has 0 radical (unpaired) electrons. The predicted molar refractivity (Wildman–Crippen MR) is 75.8 cm³/mol. The minimum atomic E-state index is 0.0287. The summed E-state index contributed by atoms with van der Waals surface area (Å²) in [5.41, 5.74) is 0.514. The highest BCUT2D eigenvalue weighted by molar-refractivity contribution is 6.33. The van der Waals surface area contributed by atoms with Crippen LogP contribution in [0.2, 0.25) is 5.02 Å². The van der Waals surface area contributed by atoms with Gasteiger partial charge in [0.1, 0.15) is 5.69 Å². The Bertz CT molecular complexity index is 405. The van der Waals surface area contributed by atoms with Gasteiger partial charge in [-0.3, -0.25) is 9.48 Å². The number of nitrogens with zero attached hydrogens (tertiary/aromatic N) is 3. The predicted octanol–water partition coefficient (Wildman–Crippen LogP) is 2.10. The summed E-state index contributed by atoms with van der Waals surface area (Å²) in [6, 6.07) is 0. The topological polar surface area (TPSA) is 47.4 Å². The monoisotopic (exact) mass is 287 g/mol. The van der Waals surface area contributed by atoms with Crippen molar-refractivity contribution >= 4 is 17.4 Å². The highest BCUT2D eigenvalue weighted by atomic mass is 35.5. The molecule has 0 aromatic carbocycles. The van der Waals surface area contributed by atoms with E-state index in [1.54, 1.807) is 4.68 Å². The van der Waals surface area contributed by atoms with Crippen molar-refractivity contribution in [3.8, 4) is 0 Å². The van der Waals surface area contributed by atoms with E-state index in [0.717, 1.165) is 6.54 Å². The van der Waals surface area contributed by atoms with E-state index < -0.39 is 0 Å². The third kappa shape index (κ3) is 5.30. The second kappa shape index (κ2) is 8.30. The molecule has 5 nitrogen and oxygen atoms in total. The molecule has 0 atom stereocenters. The summed E-state index contributed by atoms with van der Waals surface area (Å²) in [4.78, 5) is 14.2. The number of aromatic nitrogens is 2. The number of carbonyl (C=O) groups is 1. The molecule has 6 heteroatoms. The first-order valence-electron chi connectivity index (χ1n) is 6.53. The van der Waals surface area contributed by atoms with Crippen molar-refractivity contribution in [1.82, 2.24) is 14.7 Å². The zero-order chi connectivity index (χ0) is 14.3. The van der Waals surface area contributed by atoms with E-state index in [-0.39, 0.29) is 5.78 Å². The third-order valence-corrected chi connectivity index (χ3v) is 2.99. The van der Waals surface area contributed by atoms with Gasteiger partial charge in [-0.1, -0.05) is 11.6 Å². The summed E-state index contributed by atoms with van der Waals surface area (Å²) in [7, 11) is 3.96. The lowest BCUT2D eigenvalue weighted by Gasteiger charge is -2.11. The fraction of sp³-hybridized carbons (Fsp3) is 0.692. The third-order valence-electron chi connectivity index (χ3n) is 2.71. The minimum Gasteiger partial charge on any atom is -0.382 e. The maximum Gasteiger partial charge on any atom is 0.182 e. The van der Waals surface area contributed by atoms with Gasteiger partial charge in [0.2, 0.25) is 0 Å². The molecule has 0 fully saturated rings. The molecule has 0 aliphatic carbocycles. The Morgan fingerprint density at radius 3 is 2.89 bits per heavy atom. The van der Waals surface area contributed by atoms with Crippen molar-refractivity contribution in [3.05, 3.63) is 16.9 Å². The Balaban J connectivity index is 2.59. The molecular formula is C13H22ClN3O2. The van der Waals surface area contributed by atoms with Crippen molar-refractivity contribution in [3.63, 3.8) is 0 Å². The Kier molecular flexibility index (Phi) is 7.05. The molecule has 1 aromatic rings. The van der Waals surface area contributed by atoms with Crippen LogP contribution in [-0.4, -0.2) is 54.3 Å². The fourth-order valence-electron chi connectivity index (χ4n) is 1.70. The largest absolute Gasteiger partial charge is 0.382 e. The van der Waals surface area contributed by atoms with Gasteiger partial charge in [-0.25, -0.2) is 0 Å². The Morgan fingerprint density at radius 1 is 1.53 bits per heavy atom. The Hall–Kier alpha value is -0.910. The molecular weight excluding hydrogens is 266 g/mol. The van der Waals surface area contributed by atoms with Crippen LogP contribution in [0.4, 0.5) is 0 Å². The van der Waals surface area contributed by atoms with Crippen LogP contribution in [0.1, 0.15) is 30.3 Å². The average Bonchev–Trinajstić information content (AvgIpc) is 2.73. The fourth-order valence-corrected chi connectivity index (χ4v) is 1.95. The molecule has 0 saturated carbocycles. The van der Waals surface area contributed by atoms with E-state index in [0.29, 0.717) is 43.3 Å². The van der Waals surface area contributed by atoms with Crippen LogP contribution in [0, 0.1) is 0 Å². The molecule has 1 heterocycles. The van der Waals surface area contributed by atoms with Gasteiger partial charge in [0.25, 0.3) is 0 Å². The summed E-state index contributed by atoms with van der Waals surface area (Å²) in [5.74, 6) is 0.0287. The number of halogens is 1. The quantitative estimate of drug-likeness (QED) is 0.515. The molecule has 108 valence electrons. The van der Waals surface area contributed by atoms with Crippen LogP contribution in [0.25, 0.3) is 0 Å². The van der Waals surface area contributed by atoms with Crippen LogP contribution in [0.5, 0.6) is 0 Å². The smallest absolute Gasteiger partial charge is 0.182 e. The first-order valence-corrected chi connectivity index (χ1v) is 6.91. The molecule has 0 amide bonds. The Morgan fingerprint density at radius 2 is 2.26 bits per heavy atom. The second-order valence-electron chi connectivity index (χ2n) is 4.59. The van der Waals surface area contributed by atoms with Gasteiger partial charge in [0.15, 0.2) is 5.78 Å². The molecule has 0 spiro atoms. The van der Waals surface area contributed by atoms with Crippen molar-refractivity contribution in [2.75, 3.05) is 33.9 Å². The van der Waals surface area contributed by atoms with Crippen molar-refractivity contribution in [1.29, 1.82) is 0 Å². The van der Waals surface area contributed by atoms with Gasteiger partial charge < -0.3 is 9.64 Å². The van der Waals surface area contributed by atoms with Crippen LogP contribution < -0.4 is 0 Å². The van der Waals surface area contributed by atoms with Crippen molar-refractivity contribution in [2.24, 2.45) is 0 Å². The highest BCUT2D eigenvalue weighted by Crippen LogP contribution is 2.17. The maximum atomic E-state index is 12.1. The second-order valence-corrected chi connectivity index (χ2v) is 5.00.